The Hall–Kier alpha value is -1.94. The fourth-order valence-electron chi connectivity index (χ4n) is 3.29. The number of urea groups is 1. The van der Waals surface area contributed by atoms with E-state index in [9.17, 15) is 4.79 Å². The molecule has 3 nitrogen and oxygen atoms in total. The Kier molecular flexibility index (Phi) is 2.76. The molecule has 4 heteroatoms. The van der Waals surface area contributed by atoms with Crippen LogP contribution in [0.5, 0.6) is 0 Å². The molecule has 2 heterocycles. The number of carbonyl (C=O) groups is 1. The second-order valence-corrected chi connectivity index (χ2v) is 6.78. The first-order chi connectivity index (χ1) is 10.2. The Balaban J connectivity index is 2.01. The smallest absolute Gasteiger partial charge is 0.307 e. The number of thioether (sulfide) groups is 1. The van der Waals surface area contributed by atoms with Crippen molar-refractivity contribution < 1.29 is 4.79 Å². The van der Waals surface area contributed by atoms with Crippen LogP contribution in [-0.2, 0) is 4.87 Å². The summed E-state index contributed by atoms with van der Waals surface area (Å²) < 4.78 is 0. The summed E-state index contributed by atoms with van der Waals surface area (Å²) in [6, 6.07) is 16.7. The number of hydrogen-bond acceptors (Lipinski definition) is 2. The molecule has 4 rings (SSSR count). The summed E-state index contributed by atoms with van der Waals surface area (Å²) in [6.45, 7) is 2.83. The highest BCUT2D eigenvalue weighted by Gasteiger charge is 2.51. The van der Waals surface area contributed by atoms with E-state index in [0.29, 0.717) is 0 Å². The van der Waals surface area contributed by atoms with Crippen molar-refractivity contribution in [2.45, 2.75) is 11.8 Å². The molecular formula is C17H16N2OS. The lowest BCUT2D eigenvalue weighted by molar-refractivity contribution is 0.195. The fourth-order valence-corrected chi connectivity index (χ4v) is 4.82. The average Bonchev–Trinajstić information content (AvgIpc) is 2.94. The van der Waals surface area contributed by atoms with Gasteiger partial charge in [0.2, 0.25) is 0 Å². The molecule has 0 aliphatic carbocycles. The van der Waals surface area contributed by atoms with Crippen LogP contribution in [0.3, 0.4) is 0 Å². The Morgan fingerprint density at radius 3 is 2.81 bits per heavy atom. The zero-order chi connectivity index (χ0) is 14.4. The first-order valence-electron chi connectivity index (χ1n) is 7.11. The quantitative estimate of drug-likeness (QED) is 0.868. The maximum atomic E-state index is 12.5. The van der Waals surface area contributed by atoms with Crippen molar-refractivity contribution >= 4 is 23.5 Å². The Morgan fingerprint density at radius 1 is 1.19 bits per heavy atom. The summed E-state index contributed by atoms with van der Waals surface area (Å²) in [5.41, 5.74) is 4.46. The maximum absolute atomic E-state index is 12.5. The van der Waals surface area contributed by atoms with Gasteiger partial charge >= 0.3 is 6.03 Å². The van der Waals surface area contributed by atoms with Crippen LogP contribution in [0.2, 0.25) is 0 Å². The van der Waals surface area contributed by atoms with Crippen LogP contribution in [0.1, 0.15) is 16.7 Å². The van der Waals surface area contributed by atoms with Crippen LogP contribution in [-0.4, -0.2) is 23.2 Å². The van der Waals surface area contributed by atoms with Gasteiger partial charge in [0.1, 0.15) is 4.87 Å². The second-order valence-electron chi connectivity index (χ2n) is 5.49. The SMILES string of the molecule is Cc1ccc2c(c1)NC(=O)N1CCSC21c1ccccc1. The maximum Gasteiger partial charge on any atom is 0.323 e. The lowest BCUT2D eigenvalue weighted by atomic mass is 9.92. The van der Waals surface area contributed by atoms with E-state index in [-0.39, 0.29) is 10.9 Å². The van der Waals surface area contributed by atoms with Crippen molar-refractivity contribution in [2.75, 3.05) is 17.6 Å². The van der Waals surface area contributed by atoms with E-state index >= 15 is 0 Å². The average molecular weight is 296 g/mol. The number of aryl methyl sites for hydroxylation is 1. The Labute approximate surface area is 128 Å². The van der Waals surface area contributed by atoms with Crippen LogP contribution in [0, 0.1) is 6.92 Å². The van der Waals surface area contributed by atoms with Gasteiger partial charge in [0.15, 0.2) is 0 Å². The molecule has 1 fully saturated rings. The molecule has 0 saturated carbocycles. The van der Waals surface area contributed by atoms with Crippen LogP contribution in [0.25, 0.3) is 0 Å². The highest BCUT2D eigenvalue weighted by Crippen LogP contribution is 2.54. The summed E-state index contributed by atoms with van der Waals surface area (Å²) >= 11 is 1.84. The number of benzene rings is 2. The van der Waals surface area contributed by atoms with Crippen LogP contribution in [0.4, 0.5) is 10.5 Å². The van der Waals surface area contributed by atoms with E-state index in [1.165, 1.54) is 11.1 Å². The van der Waals surface area contributed by atoms with Gasteiger partial charge < -0.3 is 10.2 Å². The monoisotopic (exact) mass is 296 g/mol. The van der Waals surface area contributed by atoms with Gasteiger partial charge in [-0.05, 0) is 24.1 Å². The molecule has 21 heavy (non-hydrogen) atoms. The third-order valence-corrected chi connectivity index (χ3v) is 5.68. The first-order valence-corrected chi connectivity index (χ1v) is 8.09. The second kappa shape index (κ2) is 4.53. The van der Waals surface area contributed by atoms with Gasteiger partial charge in [0.05, 0.1) is 0 Å². The third-order valence-electron chi connectivity index (χ3n) is 4.20. The van der Waals surface area contributed by atoms with E-state index in [1.54, 1.807) is 0 Å². The van der Waals surface area contributed by atoms with Gasteiger partial charge in [0.25, 0.3) is 0 Å². The van der Waals surface area contributed by atoms with Gasteiger partial charge in [-0.2, -0.15) is 0 Å². The molecule has 2 aliphatic heterocycles. The molecule has 0 radical (unpaired) electrons. The number of carbonyl (C=O) groups excluding carboxylic acids is 1. The number of rotatable bonds is 1. The Morgan fingerprint density at radius 2 is 2.00 bits per heavy atom. The lowest BCUT2D eigenvalue weighted by Crippen LogP contribution is -2.50. The molecule has 1 saturated heterocycles. The van der Waals surface area contributed by atoms with Crippen molar-refractivity contribution in [3.05, 3.63) is 65.2 Å². The molecule has 2 aromatic carbocycles. The molecular weight excluding hydrogens is 280 g/mol. The van der Waals surface area contributed by atoms with E-state index in [0.717, 1.165) is 23.5 Å². The molecule has 2 aromatic rings. The molecule has 2 aliphatic rings. The first kappa shape index (κ1) is 12.8. The highest BCUT2D eigenvalue weighted by molar-refractivity contribution is 8.00. The predicted molar refractivity (Wildman–Crippen MR) is 86.6 cm³/mol. The molecule has 1 atom stereocenters. The number of anilines is 1. The minimum atomic E-state index is -0.382. The molecule has 106 valence electrons. The van der Waals surface area contributed by atoms with Crippen LogP contribution >= 0.6 is 11.8 Å². The zero-order valence-electron chi connectivity index (χ0n) is 11.8. The number of fused-ring (bicyclic) bond motifs is 3. The largest absolute Gasteiger partial charge is 0.323 e. The minimum Gasteiger partial charge on any atom is -0.307 e. The third kappa shape index (κ3) is 1.72. The van der Waals surface area contributed by atoms with Crippen molar-refractivity contribution in [3.63, 3.8) is 0 Å². The molecule has 2 amide bonds. The van der Waals surface area contributed by atoms with Gasteiger partial charge in [-0.3, -0.25) is 0 Å². The topological polar surface area (TPSA) is 32.3 Å². The number of amides is 2. The molecule has 0 bridgehead atoms. The number of nitrogens with one attached hydrogen (secondary N) is 1. The van der Waals surface area contributed by atoms with Crippen molar-refractivity contribution in [2.24, 2.45) is 0 Å². The van der Waals surface area contributed by atoms with Crippen molar-refractivity contribution in [1.82, 2.24) is 4.90 Å². The van der Waals surface area contributed by atoms with Crippen molar-refractivity contribution in [3.8, 4) is 0 Å². The van der Waals surface area contributed by atoms with Gasteiger partial charge in [-0.15, -0.1) is 11.8 Å². The zero-order valence-corrected chi connectivity index (χ0v) is 12.6. The summed E-state index contributed by atoms with van der Waals surface area (Å²) in [5, 5.41) is 3.04. The van der Waals surface area contributed by atoms with E-state index in [4.69, 9.17) is 0 Å². The molecule has 1 unspecified atom stereocenters. The molecule has 0 aromatic heterocycles. The van der Waals surface area contributed by atoms with Crippen LogP contribution < -0.4 is 5.32 Å². The van der Waals surface area contributed by atoms with Gasteiger partial charge in [-0.25, -0.2) is 4.79 Å². The predicted octanol–water partition coefficient (Wildman–Crippen LogP) is 3.79. The standard InChI is InChI=1S/C17H16N2OS/c1-12-7-8-14-15(11-12)18-16(20)19-9-10-21-17(14,19)13-5-3-2-4-6-13/h2-8,11H,9-10H2,1H3,(H,18,20). The fraction of sp³-hybridized carbons (Fsp3) is 0.235. The van der Waals surface area contributed by atoms with Crippen LogP contribution in [0.15, 0.2) is 48.5 Å². The van der Waals surface area contributed by atoms with Gasteiger partial charge in [-0.1, -0.05) is 42.5 Å². The number of nitrogens with zero attached hydrogens (tertiary/aromatic N) is 1. The normalized spacial score (nSPS) is 23.5. The summed E-state index contributed by atoms with van der Waals surface area (Å²) in [7, 11) is 0. The van der Waals surface area contributed by atoms with Gasteiger partial charge in [0, 0.05) is 23.5 Å². The summed E-state index contributed by atoms with van der Waals surface area (Å²) in [5.74, 6) is 0.954. The van der Waals surface area contributed by atoms with E-state index < -0.39 is 0 Å². The minimum absolute atomic E-state index is 0.00181. The number of hydrogen-bond donors (Lipinski definition) is 1. The van der Waals surface area contributed by atoms with E-state index in [1.807, 2.05) is 34.9 Å². The van der Waals surface area contributed by atoms with E-state index in [2.05, 4.69) is 42.6 Å². The molecule has 0 spiro atoms. The highest BCUT2D eigenvalue weighted by atomic mass is 32.2. The molecule has 1 N–H and O–H groups in total. The Bertz CT molecular complexity index is 716. The summed E-state index contributed by atoms with van der Waals surface area (Å²) in [4.78, 5) is 14.1. The van der Waals surface area contributed by atoms with Crippen molar-refractivity contribution in [1.29, 1.82) is 0 Å². The lowest BCUT2D eigenvalue weighted by Gasteiger charge is -2.43. The summed E-state index contributed by atoms with van der Waals surface area (Å²) in [6.07, 6.45) is 0.